The highest BCUT2D eigenvalue weighted by atomic mass is 16.5. The second kappa shape index (κ2) is 7.33. The molecule has 2 heterocycles. The van der Waals surface area contributed by atoms with Crippen molar-refractivity contribution in [2.45, 2.75) is 25.8 Å². The summed E-state index contributed by atoms with van der Waals surface area (Å²) in [5.74, 6) is 0.325. The number of benzene rings is 1. The molecule has 0 N–H and O–H groups in total. The van der Waals surface area contributed by atoms with Gasteiger partial charge in [0.1, 0.15) is 0 Å². The van der Waals surface area contributed by atoms with E-state index in [9.17, 15) is 4.79 Å². The van der Waals surface area contributed by atoms with E-state index >= 15 is 0 Å². The molecule has 1 aromatic rings. The normalized spacial score (nSPS) is 20.5. The molecule has 0 atom stereocenters. The molecular formula is C19H25N3O2. The summed E-state index contributed by atoms with van der Waals surface area (Å²) in [6.07, 6.45) is 2.85. The Morgan fingerprint density at radius 3 is 2.71 bits per heavy atom. The fourth-order valence-corrected chi connectivity index (χ4v) is 3.91. The number of likely N-dealkylation sites (tertiary alicyclic amines) is 2. The van der Waals surface area contributed by atoms with Crippen molar-refractivity contribution < 1.29 is 9.53 Å². The number of hydrogen-bond donors (Lipinski definition) is 0. The Kier molecular flexibility index (Phi) is 5.17. The Hall–Kier alpha value is -1.90. The number of hydrogen-bond acceptors (Lipinski definition) is 4. The van der Waals surface area contributed by atoms with Crippen LogP contribution in [0.4, 0.5) is 0 Å². The molecular weight excluding hydrogens is 302 g/mol. The number of carbonyl (C=O) groups excluding carboxylic acids is 1. The first-order valence-electron chi connectivity index (χ1n) is 8.66. The van der Waals surface area contributed by atoms with Crippen LogP contribution in [0.5, 0.6) is 0 Å². The predicted octanol–water partition coefficient (Wildman–Crippen LogP) is 2.02. The average Bonchev–Trinajstić information content (AvgIpc) is 2.91. The van der Waals surface area contributed by atoms with Crippen molar-refractivity contribution >= 4 is 5.91 Å². The van der Waals surface area contributed by atoms with E-state index in [0.717, 1.165) is 45.4 Å². The number of carbonyl (C=O) groups is 1. The molecule has 0 aliphatic carbocycles. The molecule has 2 fully saturated rings. The van der Waals surface area contributed by atoms with Gasteiger partial charge in [-0.2, -0.15) is 5.26 Å². The predicted molar refractivity (Wildman–Crippen MR) is 91.2 cm³/mol. The van der Waals surface area contributed by atoms with Crippen LogP contribution >= 0.6 is 0 Å². The van der Waals surface area contributed by atoms with Crippen molar-refractivity contribution in [3.8, 4) is 6.07 Å². The lowest BCUT2D eigenvalue weighted by atomic mass is 9.77. The Labute approximate surface area is 143 Å². The van der Waals surface area contributed by atoms with Gasteiger partial charge in [-0.05, 0) is 50.0 Å². The van der Waals surface area contributed by atoms with Crippen LogP contribution in [0.1, 0.15) is 30.4 Å². The van der Waals surface area contributed by atoms with Crippen molar-refractivity contribution in [1.82, 2.24) is 9.80 Å². The number of nitriles is 1. The Balaban J connectivity index is 1.56. The van der Waals surface area contributed by atoms with Gasteiger partial charge in [0, 0.05) is 26.7 Å². The highest BCUT2D eigenvalue weighted by Crippen LogP contribution is 2.41. The van der Waals surface area contributed by atoms with E-state index in [0.29, 0.717) is 24.6 Å². The van der Waals surface area contributed by atoms with Crippen LogP contribution in [0.2, 0.25) is 0 Å². The number of amides is 1. The first kappa shape index (κ1) is 16.9. The molecule has 0 aromatic heterocycles. The van der Waals surface area contributed by atoms with Gasteiger partial charge >= 0.3 is 0 Å². The van der Waals surface area contributed by atoms with Gasteiger partial charge in [0.25, 0.3) is 0 Å². The van der Waals surface area contributed by atoms with Crippen LogP contribution in [0.15, 0.2) is 24.3 Å². The zero-order chi connectivity index (χ0) is 17.0. The minimum Gasteiger partial charge on any atom is -0.383 e. The van der Waals surface area contributed by atoms with Crippen LogP contribution in [-0.4, -0.2) is 55.6 Å². The number of piperidine rings is 1. The van der Waals surface area contributed by atoms with E-state index in [-0.39, 0.29) is 5.41 Å². The monoisotopic (exact) mass is 327 g/mol. The number of nitrogens with zero attached hydrogens (tertiary/aromatic N) is 3. The zero-order valence-corrected chi connectivity index (χ0v) is 14.3. The molecule has 1 spiro atoms. The zero-order valence-electron chi connectivity index (χ0n) is 14.3. The summed E-state index contributed by atoms with van der Waals surface area (Å²) in [5.41, 5.74) is 1.74. The molecule has 1 aromatic carbocycles. The summed E-state index contributed by atoms with van der Waals surface area (Å²) in [5, 5.41) is 9.01. The fourth-order valence-electron chi connectivity index (χ4n) is 3.91. The summed E-state index contributed by atoms with van der Waals surface area (Å²) in [7, 11) is 1.68. The molecule has 0 bridgehead atoms. The van der Waals surface area contributed by atoms with E-state index in [1.165, 1.54) is 5.56 Å². The topological polar surface area (TPSA) is 56.6 Å². The highest BCUT2D eigenvalue weighted by molar-refractivity contribution is 5.85. The first-order valence-corrected chi connectivity index (χ1v) is 8.66. The summed E-state index contributed by atoms with van der Waals surface area (Å²) in [6.45, 7) is 4.94. The largest absolute Gasteiger partial charge is 0.383 e. The molecule has 3 rings (SSSR count). The lowest BCUT2D eigenvalue weighted by Gasteiger charge is -2.38. The third-order valence-corrected chi connectivity index (χ3v) is 5.44. The maximum Gasteiger partial charge on any atom is 0.229 e. The third-order valence-electron chi connectivity index (χ3n) is 5.44. The molecule has 24 heavy (non-hydrogen) atoms. The molecule has 0 unspecified atom stereocenters. The average molecular weight is 327 g/mol. The molecule has 0 radical (unpaired) electrons. The van der Waals surface area contributed by atoms with Crippen molar-refractivity contribution in [2.24, 2.45) is 5.41 Å². The van der Waals surface area contributed by atoms with E-state index in [4.69, 9.17) is 10.00 Å². The molecule has 1 amide bonds. The van der Waals surface area contributed by atoms with Crippen LogP contribution in [0, 0.1) is 16.7 Å². The van der Waals surface area contributed by atoms with Crippen molar-refractivity contribution in [1.29, 1.82) is 5.26 Å². The molecule has 2 aliphatic heterocycles. The SMILES string of the molecule is COCCN1CCC2(CCN(Cc3cccc(C#N)c3)CC2)C1=O. The Morgan fingerprint density at radius 1 is 1.25 bits per heavy atom. The first-order chi connectivity index (χ1) is 11.7. The van der Waals surface area contributed by atoms with Gasteiger partial charge in [-0.1, -0.05) is 12.1 Å². The Bertz CT molecular complexity index is 630. The molecule has 2 saturated heterocycles. The summed E-state index contributed by atoms with van der Waals surface area (Å²) in [4.78, 5) is 17.1. The third kappa shape index (κ3) is 3.45. The minimum atomic E-state index is -0.140. The highest BCUT2D eigenvalue weighted by Gasteiger charge is 2.47. The smallest absolute Gasteiger partial charge is 0.229 e. The van der Waals surface area contributed by atoms with Gasteiger partial charge in [0.15, 0.2) is 0 Å². The molecule has 0 saturated carbocycles. The van der Waals surface area contributed by atoms with Gasteiger partial charge in [0.05, 0.1) is 23.7 Å². The van der Waals surface area contributed by atoms with Crippen molar-refractivity contribution in [3.05, 3.63) is 35.4 Å². The van der Waals surface area contributed by atoms with Gasteiger partial charge in [-0.3, -0.25) is 9.69 Å². The van der Waals surface area contributed by atoms with Gasteiger partial charge < -0.3 is 9.64 Å². The number of methoxy groups -OCH3 is 1. The summed E-state index contributed by atoms with van der Waals surface area (Å²) in [6, 6.07) is 9.99. The van der Waals surface area contributed by atoms with Gasteiger partial charge in [0.2, 0.25) is 5.91 Å². The van der Waals surface area contributed by atoms with Crippen molar-refractivity contribution in [3.63, 3.8) is 0 Å². The second-order valence-corrected chi connectivity index (χ2v) is 6.90. The van der Waals surface area contributed by atoms with Gasteiger partial charge in [-0.15, -0.1) is 0 Å². The van der Waals surface area contributed by atoms with E-state index in [1.54, 1.807) is 7.11 Å². The quantitative estimate of drug-likeness (QED) is 0.830. The number of ether oxygens (including phenoxy) is 1. The van der Waals surface area contributed by atoms with Crippen LogP contribution in [-0.2, 0) is 16.1 Å². The lowest BCUT2D eigenvalue weighted by molar-refractivity contribution is -0.138. The standard InChI is InChI=1S/C19H25N3O2/c1-24-12-11-22-10-7-19(18(22)23)5-8-21(9-6-19)15-17-4-2-3-16(13-17)14-20/h2-4,13H,5-12,15H2,1H3. The maximum absolute atomic E-state index is 12.8. The number of rotatable bonds is 5. The van der Waals surface area contributed by atoms with Crippen LogP contribution < -0.4 is 0 Å². The summed E-state index contributed by atoms with van der Waals surface area (Å²) >= 11 is 0. The minimum absolute atomic E-state index is 0.140. The second-order valence-electron chi connectivity index (χ2n) is 6.90. The van der Waals surface area contributed by atoms with Crippen LogP contribution in [0.3, 0.4) is 0 Å². The molecule has 5 heteroatoms. The van der Waals surface area contributed by atoms with E-state index in [1.807, 2.05) is 23.1 Å². The Morgan fingerprint density at radius 2 is 2.00 bits per heavy atom. The summed E-state index contributed by atoms with van der Waals surface area (Å²) < 4.78 is 5.11. The van der Waals surface area contributed by atoms with E-state index in [2.05, 4.69) is 17.0 Å². The molecule has 2 aliphatic rings. The maximum atomic E-state index is 12.8. The lowest BCUT2D eigenvalue weighted by Crippen LogP contribution is -2.44. The fraction of sp³-hybridized carbons (Fsp3) is 0.579. The molecule has 128 valence electrons. The van der Waals surface area contributed by atoms with Crippen LogP contribution in [0.25, 0.3) is 0 Å². The van der Waals surface area contributed by atoms with E-state index < -0.39 is 0 Å². The van der Waals surface area contributed by atoms with Crippen molar-refractivity contribution in [2.75, 3.05) is 39.9 Å². The molecule has 5 nitrogen and oxygen atoms in total. The van der Waals surface area contributed by atoms with Gasteiger partial charge in [-0.25, -0.2) is 0 Å².